The van der Waals surface area contributed by atoms with Crippen molar-refractivity contribution in [3.8, 4) is 5.88 Å². The van der Waals surface area contributed by atoms with Crippen LogP contribution in [0.1, 0.15) is 16.8 Å². The Labute approximate surface area is 151 Å². The molecule has 4 aromatic rings. The zero-order valence-corrected chi connectivity index (χ0v) is 14.5. The Morgan fingerprint density at radius 3 is 2.50 bits per heavy atom. The van der Waals surface area contributed by atoms with Crippen molar-refractivity contribution >= 4 is 10.9 Å². The fourth-order valence-electron chi connectivity index (χ4n) is 3.12. The van der Waals surface area contributed by atoms with Crippen LogP contribution in [0.15, 0.2) is 72.9 Å². The second kappa shape index (κ2) is 7.00. The first-order chi connectivity index (χ1) is 12.7. The molecular formula is C22H19FN2O. The van der Waals surface area contributed by atoms with E-state index in [1.807, 2.05) is 24.3 Å². The number of pyridine rings is 1. The summed E-state index contributed by atoms with van der Waals surface area (Å²) < 4.78 is 21.3. The Bertz CT molecular complexity index is 1020. The van der Waals surface area contributed by atoms with E-state index >= 15 is 0 Å². The number of aromatic nitrogens is 2. The monoisotopic (exact) mass is 346 g/mol. The molecule has 0 amide bonds. The van der Waals surface area contributed by atoms with E-state index in [-0.39, 0.29) is 5.82 Å². The van der Waals surface area contributed by atoms with Gasteiger partial charge in [0.2, 0.25) is 5.88 Å². The van der Waals surface area contributed by atoms with Crippen molar-refractivity contribution in [2.45, 2.75) is 20.1 Å². The number of hydrogen-bond donors (Lipinski definition) is 0. The second-order valence-electron chi connectivity index (χ2n) is 6.33. The highest BCUT2D eigenvalue weighted by molar-refractivity contribution is 5.85. The maximum Gasteiger partial charge on any atom is 0.238 e. The maximum atomic E-state index is 13.1. The highest BCUT2D eigenvalue weighted by Crippen LogP contribution is 2.28. The van der Waals surface area contributed by atoms with Crippen LogP contribution < -0.4 is 4.74 Å². The first-order valence-corrected chi connectivity index (χ1v) is 8.57. The zero-order valence-electron chi connectivity index (χ0n) is 14.5. The number of ether oxygens (including phenoxy) is 1. The van der Waals surface area contributed by atoms with Gasteiger partial charge >= 0.3 is 0 Å². The first kappa shape index (κ1) is 16.3. The molecule has 4 heteroatoms. The van der Waals surface area contributed by atoms with Crippen LogP contribution in [0, 0.1) is 12.7 Å². The molecule has 0 saturated carbocycles. The average molecular weight is 346 g/mol. The summed E-state index contributed by atoms with van der Waals surface area (Å²) in [5.74, 6) is 0.345. The quantitative estimate of drug-likeness (QED) is 0.502. The van der Waals surface area contributed by atoms with Gasteiger partial charge in [-0.3, -0.25) is 0 Å². The van der Waals surface area contributed by atoms with Crippen LogP contribution in [0.4, 0.5) is 4.39 Å². The van der Waals surface area contributed by atoms with Gasteiger partial charge in [0.15, 0.2) is 0 Å². The lowest BCUT2D eigenvalue weighted by molar-refractivity contribution is 0.296. The summed E-state index contributed by atoms with van der Waals surface area (Å²) in [6, 6.07) is 20.8. The number of rotatable bonds is 5. The first-order valence-electron chi connectivity index (χ1n) is 8.57. The SMILES string of the molecule is Cc1cc2ccnc(OCc3ccc(F)cc3)c2n1Cc1ccccc1. The third kappa shape index (κ3) is 3.31. The Hall–Kier alpha value is -3.14. The molecule has 2 heterocycles. The van der Waals surface area contributed by atoms with Gasteiger partial charge in [0, 0.05) is 23.8 Å². The van der Waals surface area contributed by atoms with Gasteiger partial charge in [0.05, 0.1) is 0 Å². The van der Waals surface area contributed by atoms with Gasteiger partial charge in [-0.25, -0.2) is 9.37 Å². The number of nitrogens with zero attached hydrogens (tertiary/aromatic N) is 2. The minimum atomic E-state index is -0.249. The van der Waals surface area contributed by atoms with E-state index in [1.54, 1.807) is 18.3 Å². The van der Waals surface area contributed by atoms with Crippen molar-refractivity contribution in [3.05, 3.63) is 95.6 Å². The highest BCUT2D eigenvalue weighted by atomic mass is 19.1. The summed E-state index contributed by atoms with van der Waals surface area (Å²) in [5.41, 5.74) is 4.27. The molecule has 3 nitrogen and oxygen atoms in total. The molecule has 0 spiro atoms. The predicted octanol–water partition coefficient (Wildman–Crippen LogP) is 5.11. The Morgan fingerprint density at radius 1 is 0.962 bits per heavy atom. The number of aryl methyl sites for hydroxylation is 1. The predicted molar refractivity (Wildman–Crippen MR) is 101 cm³/mol. The number of benzene rings is 2. The molecule has 0 N–H and O–H groups in total. The van der Waals surface area contributed by atoms with Gasteiger partial charge in [-0.05, 0) is 42.3 Å². The largest absolute Gasteiger partial charge is 0.471 e. The summed E-state index contributed by atoms with van der Waals surface area (Å²) in [6.07, 6.45) is 1.76. The Morgan fingerprint density at radius 2 is 1.73 bits per heavy atom. The average Bonchev–Trinajstić information content (AvgIpc) is 2.98. The van der Waals surface area contributed by atoms with Crippen LogP contribution in [0.25, 0.3) is 10.9 Å². The van der Waals surface area contributed by atoms with Crippen molar-refractivity contribution < 1.29 is 9.13 Å². The molecule has 26 heavy (non-hydrogen) atoms. The van der Waals surface area contributed by atoms with Gasteiger partial charge in [0.1, 0.15) is 17.9 Å². The van der Waals surface area contributed by atoms with Crippen molar-refractivity contribution in [2.24, 2.45) is 0 Å². The molecule has 0 aliphatic heterocycles. The topological polar surface area (TPSA) is 27.1 Å². The van der Waals surface area contributed by atoms with Crippen LogP contribution in [0.2, 0.25) is 0 Å². The molecule has 0 aliphatic rings. The standard InChI is InChI=1S/C22H19FN2O/c1-16-13-19-11-12-24-22(26-15-18-7-9-20(23)10-8-18)21(19)25(16)14-17-5-3-2-4-6-17/h2-13H,14-15H2,1H3. The molecule has 4 rings (SSSR count). The molecule has 2 aromatic carbocycles. The van der Waals surface area contributed by atoms with Crippen LogP contribution in [0.5, 0.6) is 5.88 Å². The van der Waals surface area contributed by atoms with Crippen molar-refractivity contribution in [1.82, 2.24) is 9.55 Å². The Balaban J connectivity index is 1.67. The molecule has 0 unspecified atom stereocenters. The molecular weight excluding hydrogens is 327 g/mol. The lowest BCUT2D eigenvalue weighted by Gasteiger charge is -2.12. The number of fused-ring (bicyclic) bond motifs is 1. The van der Waals surface area contributed by atoms with Crippen LogP contribution in [-0.4, -0.2) is 9.55 Å². The lowest BCUT2D eigenvalue weighted by atomic mass is 10.2. The van der Waals surface area contributed by atoms with Gasteiger partial charge in [0.25, 0.3) is 0 Å². The zero-order chi connectivity index (χ0) is 17.9. The van der Waals surface area contributed by atoms with Gasteiger partial charge in [-0.1, -0.05) is 42.5 Å². The number of halogens is 1. The fourth-order valence-corrected chi connectivity index (χ4v) is 3.12. The smallest absolute Gasteiger partial charge is 0.238 e. The van der Waals surface area contributed by atoms with Gasteiger partial charge < -0.3 is 9.30 Å². The van der Waals surface area contributed by atoms with Crippen LogP contribution >= 0.6 is 0 Å². The van der Waals surface area contributed by atoms with E-state index in [2.05, 4.69) is 34.7 Å². The molecule has 0 aliphatic carbocycles. The normalized spacial score (nSPS) is 11.0. The third-order valence-electron chi connectivity index (χ3n) is 4.45. The summed E-state index contributed by atoms with van der Waals surface area (Å²) in [4.78, 5) is 4.44. The summed E-state index contributed by atoms with van der Waals surface area (Å²) in [5, 5.41) is 1.10. The molecule has 0 atom stereocenters. The van der Waals surface area contributed by atoms with Crippen LogP contribution in [-0.2, 0) is 13.2 Å². The summed E-state index contributed by atoms with van der Waals surface area (Å²) in [7, 11) is 0. The third-order valence-corrected chi connectivity index (χ3v) is 4.45. The molecule has 0 saturated heterocycles. The molecule has 130 valence electrons. The summed E-state index contributed by atoms with van der Waals surface area (Å²) >= 11 is 0. The van der Waals surface area contributed by atoms with Crippen molar-refractivity contribution in [2.75, 3.05) is 0 Å². The molecule has 0 radical (unpaired) electrons. The summed E-state index contributed by atoms with van der Waals surface area (Å²) in [6.45, 7) is 3.20. The van der Waals surface area contributed by atoms with Gasteiger partial charge in [-0.15, -0.1) is 0 Å². The van der Waals surface area contributed by atoms with Crippen molar-refractivity contribution in [1.29, 1.82) is 0 Å². The van der Waals surface area contributed by atoms with E-state index < -0.39 is 0 Å². The maximum absolute atomic E-state index is 13.1. The van der Waals surface area contributed by atoms with E-state index in [0.29, 0.717) is 12.5 Å². The van der Waals surface area contributed by atoms with Crippen LogP contribution in [0.3, 0.4) is 0 Å². The highest BCUT2D eigenvalue weighted by Gasteiger charge is 2.13. The van der Waals surface area contributed by atoms with E-state index in [4.69, 9.17) is 4.74 Å². The molecule has 0 fully saturated rings. The molecule has 0 bridgehead atoms. The number of hydrogen-bond acceptors (Lipinski definition) is 2. The van der Waals surface area contributed by atoms with Gasteiger partial charge in [-0.2, -0.15) is 0 Å². The Kier molecular flexibility index (Phi) is 4.40. The minimum Gasteiger partial charge on any atom is -0.471 e. The lowest BCUT2D eigenvalue weighted by Crippen LogP contribution is -2.04. The van der Waals surface area contributed by atoms with E-state index in [0.717, 1.165) is 28.7 Å². The molecule has 2 aromatic heterocycles. The van der Waals surface area contributed by atoms with E-state index in [1.165, 1.54) is 17.7 Å². The van der Waals surface area contributed by atoms with Crippen molar-refractivity contribution in [3.63, 3.8) is 0 Å². The second-order valence-corrected chi connectivity index (χ2v) is 6.33. The fraction of sp³-hybridized carbons (Fsp3) is 0.136. The minimum absolute atomic E-state index is 0.249. The van der Waals surface area contributed by atoms with E-state index in [9.17, 15) is 4.39 Å².